The lowest BCUT2D eigenvalue weighted by atomic mass is 10.1. The van der Waals surface area contributed by atoms with Crippen molar-refractivity contribution in [2.24, 2.45) is 10.9 Å². The summed E-state index contributed by atoms with van der Waals surface area (Å²) >= 11 is 0. The van der Waals surface area contributed by atoms with Crippen molar-refractivity contribution in [2.45, 2.75) is 26.7 Å². The van der Waals surface area contributed by atoms with Crippen LogP contribution in [0, 0.1) is 12.8 Å². The van der Waals surface area contributed by atoms with Gasteiger partial charge in [0.05, 0.1) is 13.2 Å². The maximum Gasteiger partial charge on any atom is 0.227 e. The second-order valence-corrected chi connectivity index (χ2v) is 6.36. The Labute approximate surface area is 149 Å². The molecule has 0 aliphatic carbocycles. The van der Waals surface area contributed by atoms with E-state index in [4.69, 9.17) is 4.74 Å². The van der Waals surface area contributed by atoms with Crippen LogP contribution in [0.5, 0.6) is 0 Å². The van der Waals surface area contributed by atoms with E-state index in [9.17, 15) is 4.79 Å². The van der Waals surface area contributed by atoms with Gasteiger partial charge in [0, 0.05) is 45.3 Å². The number of pyridine rings is 1. The first-order valence-electron chi connectivity index (χ1n) is 8.88. The summed E-state index contributed by atoms with van der Waals surface area (Å²) in [6.07, 6.45) is 3.15. The van der Waals surface area contributed by atoms with E-state index in [1.807, 2.05) is 27.0 Å². The van der Waals surface area contributed by atoms with Gasteiger partial charge in [-0.1, -0.05) is 6.07 Å². The average Bonchev–Trinajstić information content (AvgIpc) is 3.09. The van der Waals surface area contributed by atoms with Gasteiger partial charge in [0.25, 0.3) is 0 Å². The molecule has 0 bridgehead atoms. The third-order valence-electron chi connectivity index (χ3n) is 4.03. The van der Waals surface area contributed by atoms with E-state index in [-0.39, 0.29) is 5.91 Å². The number of carbonyl (C=O) groups is 1. The third kappa shape index (κ3) is 6.70. The maximum atomic E-state index is 12.0. The topological polar surface area (TPSA) is 78.8 Å². The quantitative estimate of drug-likeness (QED) is 0.579. The Morgan fingerprint density at radius 2 is 2.32 bits per heavy atom. The highest BCUT2D eigenvalue weighted by Crippen LogP contribution is 2.13. The van der Waals surface area contributed by atoms with Crippen LogP contribution in [-0.4, -0.2) is 61.6 Å². The number of carbonyl (C=O) groups excluding carboxylic acids is 1. The number of anilines is 1. The molecule has 0 radical (unpaired) electrons. The molecule has 0 saturated carbocycles. The second-order valence-electron chi connectivity index (χ2n) is 6.36. The summed E-state index contributed by atoms with van der Waals surface area (Å²) in [4.78, 5) is 22.9. The van der Waals surface area contributed by atoms with Gasteiger partial charge >= 0.3 is 0 Å². The Kier molecular flexibility index (Phi) is 7.66. The predicted molar refractivity (Wildman–Crippen MR) is 99.8 cm³/mol. The van der Waals surface area contributed by atoms with Gasteiger partial charge in [-0.2, -0.15) is 0 Å². The Morgan fingerprint density at radius 3 is 2.96 bits per heavy atom. The fourth-order valence-corrected chi connectivity index (χ4v) is 2.68. The third-order valence-corrected chi connectivity index (χ3v) is 4.03. The second kappa shape index (κ2) is 9.98. The summed E-state index contributed by atoms with van der Waals surface area (Å²) in [6.45, 7) is 7.80. The van der Waals surface area contributed by atoms with E-state index in [2.05, 4.69) is 25.5 Å². The van der Waals surface area contributed by atoms with Crippen molar-refractivity contribution in [3.05, 3.63) is 23.9 Å². The predicted octanol–water partition coefficient (Wildman–Crippen LogP) is 1.65. The largest absolute Gasteiger partial charge is 0.381 e. The van der Waals surface area contributed by atoms with Gasteiger partial charge in [0.1, 0.15) is 5.82 Å². The molecule has 1 atom stereocenters. The highest BCUT2D eigenvalue weighted by atomic mass is 16.5. The summed E-state index contributed by atoms with van der Waals surface area (Å²) in [5.74, 6) is 1.87. The molecule has 1 aromatic heterocycles. The molecular weight excluding hydrogens is 318 g/mol. The SMILES string of the molecule is CCNC(=NCCC(=O)Nc1ccc(C)cn1)N(C)CC1CCOC1. The fourth-order valence-electron chi connectivity index (χ4n) is 2.68. The van der Waals surface area contributed by atoms with Crippen molar-refractivity contribution >= 4 is 17.7 Å². The lowest BCUT2D eigenvalue weighted by Gasteiger charge is -2.24. The molecule has 1 amide bonds. The molecule has 1 fully saturated rings. The number of ether oxygens (including phenoxy) is 1. The van der Waals surface area contributed by atoms with Crippen molar-refractivity contribution in [1.82, 2.24) is 15.2 Å². The monoisotopic (exact) mass is 347 g/mol. The number of aliphatic imine (C=N–C) groups is 1. The number of amides is 1. The van der Waals surface area contributed by atoms with Crippen LogP contribution in [0.1, 0.15) is 25.3 Å². The van der Waals surface area contributed by atoms with E-state index >= 15 is 0 Å². The molecule has 0 aromatic carbocycles. The smallest absolute Gasteiger partial charge is 0.227 e. The van der Waals surface area contributed by atoms with Crippen LogP contribution in [-0.2, 0) is 9.53 Å². The first-order chi connectivity index (χ1) is 12.1. The number of hydrogen-bond donors (Lipinski definition) is 2. The van der Waals surface area contributed by atoms with E-state index in [1.165, 1.54) is 0 Å². The van der Waals surface area contributed by atoms with Crippen LogP contribution in [0.4, 0.5) is 5.82 Å². The molecule has 1 aliphatic rings. The van der Waals surface area contributed by atoms with E-state index < -0.39 is 0 Å². The van der Waals surface area contributed by atoms with Gasteiger partial charge in [0.2, 0.25) is 5.91 Å². The average molecular weight is 347 g/mol. The van der Waals surface area contributed by atoms with Crippen LogP contribution < -0.4 is 10.6 Å². The van der Waals surface area contributed by atoms with Gasteiger partial charge in [-0.3, -0.25) is 9.79 Å². The lowest BCUT2D eigenvalue weighted by molar-refractivity contribution is -0.116. The van der Waals surface area contributed by atoms with Crippen molar-refractivity contribution in [3.8, 4) is 0 Å². The van der Waals surface area contributed by atoms with Crippen molar-refractivity contribution in [2.75, 3.05) is 45.2 Å². The van der Waals surface area contributed by atoms with Gasteiger partial charge < -0.3 is 20.3 Å². The summed E-state index contributed by atoms with van der Waals surface area (Å²) < 4.78 is 5.43. The molecule has 25 heavy (non-hydrogen) atoms. The molecule has 1 saturated heterocycles. The zero-order valence-corrected chi connectivity index (χ0v) is 15.4. The molecule has 1 aliphatic heterocycles. The summed E-state index contributed by atoms with van der Waals surface area (Å²) in [7, 11) is 2.02. The minimum atomic E-state index is -0.0807. The minimum Gasteiger partial charge on any atom is -0.381 e. The zero-order chi connectivity index (χ0) is 18.1. The Bertz CT molecular complexity index is 567. The van der Waals surface area contributed by atoms with Gasteiger partial charge in [-0.25, -0.2) is 4.98 Å². The number of aromatic nitrogens is 1. The van der Waals surface area contributed by atoms with Crippen molar-refractivity contribution in [1.29, 1.82) is 0 Å². The first kappa shape index (κ1) is 19.2. The molecule has 1 aromatic rings. The van der Waals surface area contributed by atoms with Crippen molar-refractivity contribution < 1.29 is 9.53 Å². The number of aryl methyl sites for hydroxylation is 1. The highest BCUT2D eigenvalue weighted by molar-refractivity contribution is 5.90. The Morgan fingerprint density at radius 1 is 1.48 bits per heavy atom. The normalized spacial score (nSPS) is 17.4. The summed E-state index contributed by atoms with van der Waals surface area (Å²) in [6, 6.07) is 3.73. The number of hydrogen-bond acceptors (Lipinski definition) is 4. The van der Waals surface area contributed by atoms with E-state index in [1.54, 1.807) is 12.3 Å². The van der Waals surface area contributed by atoms with Crippen LogP contribution in [0.15, 0.2) is 23.3 Å². The molecule has 1 unspecified atom stereocenters. The summed E-state index contributed by atoms with van der Waals surface area (Å²) in [5.41, 5.74) is 1.06. The Balaban J connectivity index is 1.80. The molecule has 7 nitrogen and oxygen atoms in total. The first-order valence-corrected chi connectivity index (χ1v) is 8.88. The van der Waals surface area contributed by atoms with Crippen LogP contribution in [0.25, 0.3) is 0 Å². The molecule has 2 heterocycles. The molecule has 138 valence electrons. The highest BCUT2D eigenvalue weighted by Gasteiger charge is 2.19. The Hall–Kier alpha value is -2.15. The lowest BCUT2D eigenvalue weighted by Crippen LogP contribution is -2.41. The van der Waals surface area contributed by atoms with Crippen LogP contribution >= 0.6 is 0 Å². The number of guanidine groups is 1. The summed E-state index contributed by atoms with van der Waals surface area (Å²) in [5, 5.41) is 6.07. The van der Waals surface area contributed by atoms with Crippen molar-refractivity contribution in [3.63, 3.8) is 0 Å². The van der Waals surface area contributed by atoms with Gasteiger partial charge in [-0.15, -0.1) is 0 Å². The van der Waals surface area contributed by atoms with Gasteiger partial charge in [-0.05, 0) is 31.9 Å². The van der Waals surface area contributed by atoms with Gasteiger partial charge in [0.15, 0.2) is 5.96 Å². The maximum absolute atomic E-state index is 12.0. The number of nitrogens with zero attached hydrogens (tertiary/aromatic N) is 3. The number of rotatable bonds is 7. The van der Waals surface area contributed by atoms with E-state index in [0.29, 0.717) is 24.7 Å². The fraction of sp³-hybridized carbons (Fsp3) is 0.611. The molecule has 7 heteroatoms. The zero-order valence-electron chi connectivity index (χ0n) is 15.4. The molecule has 2 rings (SSSR count). The minimum absolute atomic E-state index is 0.0807. The molecule has 2 N–H and O–H groups in total. The van der Waals surface area contributed by atoms with Crippen LogP contribution in [0.2, 0.25) is 0 Å². The number of nitrogens with one attached hydrogen (secondary N) is 2. The van der Waals surface area contributed by atoms with E-state index in [0.717, 1.165) is 44.2 Å². The van der Waals surface area contributed by atoms with Crippen LogP contribution in [0.3, 0.4) is 0 Å². The standard InChI is InChI=1S/C18H29N5O2/c1-4-19-18(23(3)12-15-8-10-25-13-15)20-9-7-17(24)22-16-6-5-14(2)11-21-16/h5-6,11,15H,4,7-10,12-13H2,1-3H3,(H,19,20)(H,21,22,24). The molecule has 0 spiro atoms. The molecular formula is C18H29N5O2.